The fourth-order valence-electron chi connectivity index (χ4n) is 6.95. The minimum Gasteiger partial charge on any atom is -0.393 e. The highest BCUT2D eigenvalue weighted by Gasteiger charge is 2.65. The predicted octanol–water partition coefficient (Wildman–Crippen LogP) is 6.39. The molecule has 38 heavy (non-hydrogen) atoms. The molecule has 1 aliphatic carbocycles. The molecule has 0 radical (unpaired) electrons. The van der Waals surface area contributed by atoms with Crippen LogP contribution in [0.15, 0.2) is 36.4 Å². The van der Waals surface area contributed by atoms with E-state index in [2.05, 4.69) is 31.4 Å². The van der Waals surface area contributed by atoms with E-state index in [1.165, 1.54) is 12.1 Å². The standard InChI is InChI=1S/C30H35Cl2FN2O3/c1-29(2,3)15-25-30(20-13-22(33)21(32)14-23(20)34-28(30)38)26(17-5-4-6-18(31)12-17)27(35-25)24(37)11-16-7-9-19(36)10-8-16/h4-6,12-14,16,19,25-27,35-36H,7-11,15H2,1-3H3,(H,34,38)/t16?,19?,25-,26+,27+,30+/m1/s1. The Balaban J connectivity index is 1.66. The maximum absolute atomic E-state index is 15.0. The van der Waals surface area contributed by atoms with Crippen molar-refractivity contribution in [1.29, 1.82) is 0 Å². The smallest absolute Gasteiger partial charge is 0.237 e. The Bertz CT molecular complexity index is 1250. The monoisotopic (exact) mass is 560 g/mol. The number of amides is 1. The highest BCUT2D eigenvalue weighted by molar-refractivity contribution is 6.31. The van der Waals surface area contributed by atoms with E-state index in [0.29, 0.717) is 42.0 Å². The van der Waals surface area contributed by atoms with Crippen molar-refractivity contribution in [2.24, 2.45) is 11.3 Å². The number of hydrogen-bond acceptors (Lipinski definition) is 4. The molecular formula is C30H35Cl2FN2O3. The average Bonchev–Trinajstić information content (AvgIpc) is 3.30. The van der Waals surface area contributed by atoms with Crippen LogP contribution in [0.5, 0.6) is 0 Å². The summed E-state index contributed by atoms with van der Waals surface area (Å²) < 4.78 is 15.0. The summed E-state index contributed by atoms with van der Waals surface area (Å²) in [7, 11) is 0. The Morgan fingerprint density at radius 1 is 1.13 bits per heavy atom. The van der Waals surface area contributed by atoms with Gasteiger partial charge in [-0.1, -0.05) is 56.1 Å². The second kappa shape index (κ2) is 10.2. The molecule has 5 rings (SSSR count). The number of hydrogen-bond donors (Lipinski definition) is 3. The molecule has 2 aliphatic heterocycles. The predicted molar refractivity (Wildman–Crippen MR) is 148 cm³/mol. The molecule has 5 nitrogen and oxygen atoms in total. The van der Waals surface area contributed by atoms with Crippen LogP contribution in [0.2, 0.25) is 10.0 Å². The first-order chi connectivity index (χ1) is 17.9. The Morgan fingerprint density at radius 2 is 1.84 bits per heavy atom. The lowest BCUT2D eigenvalue weighted by Gasteiger charge is -2.37. The number of fused-ring (bicyclic) bond motifs is 2. The van der Waals surface area contributed by atoms with Gasteiger partial charge in [0.25, 0.3) is 0 Å². The summed E-state index contributed by atoms with van der Waals surface area (Å²) in [5, 5.41) is 16.9. The first-order valence-corrected chi connectivity index (χ1v) is 14.2. The minimum atomic E-state index is -1.23. The number of halogens is 3. The van der Waals surface area contributed by atoms with Crippen molar-refractivity contribution in [2.75, 3.05) is 5.32 Å². The molecule has 2 heterocycles. The number of anilines is 1. The van der Waals surface area contributed by atoms with E-state index in [1.54, 1.807) is 6.07 Å². The summed E-state index contributed by atoms with van der Waals surface area (Å²) in [4.78, 5) is 28.2. The van der Waals surface area contributed by atoms with Gasteiger partial charge in [0.1, 0.15) is 11.2 Å². The molecule has 1 spiro atoms. The van der Waals surface area contributed by atoms with Crippen molar-refractivity contribution in [3.05, 3.63) is 63.4 Å². The molecular weight excluding hydrogens is 526 g/mol. The van der Waals surface area contributed by atoms with Gasteiger partial charge in [0.05, 0.1) is 17.2 Å². The molecule has 4 atom stereocenters. The molecule has 0 unspecified atom stereocenters. The van der Waals surface area contributed by atoms with Crippen molar-refractivity contribution in [3.8, 4) is 0 Å². The molecule has 2 fully saturated rings. The molecule has 204 valence electrons. The Morgan fingerprint density at radius 3 is 2.50 bits per heavy atom. The summed E-state index contributed by atoms with van der Waals surface area (Å²) in [6.45, 7) is 6.28. The Labute approximate surface area is 233 Å². The lowest BCUT2D eigenvalue weighted by molar-refractivity contribution is -0.123. The van der Waals surface area contributed by atoms with E-state index in [4.69, 9.17) is 23.2 Å². The van der Waals surface area contributed by atoms with Crippen LogP contribution in [0.3, 0.4) is 0 Å². The maximum Gasteiger partial charge on any atom is 0.237 e. The van der Waals surface area contributed by atoms with Gasteiger partial charge in [-0.25, -0.2) is 4.39 Å². The summed E-state index contributed by atoms with van der Waals surface area (Å²) in [6.07, 6.45) is 3.63. The van der Waals surface area contributed by atoms with E-state index in [-0.39, 0.29) is 34.1 Å². The van der Waals surface area contributed by atoms with Gasteiger partial charge in [0.2, 0.25) is 5.91 Å². The minimum absolute atomic E-state index is 0.0304. The third-order valence-corrected chi connectivity index (χ3v) is 9.09. The number of Topliss-reactive ketones (excluding diaryl/α,β-unsaturated/α-hetero) is 1. The normalized spacial score (nSPS) is 30.9. The number of carbonyl (C=O) groups is 2. The van der Waals surface area contributed by atoms with Gasteiger partial charge in [0, 0.05) is 29.1 Å². The molecule has 1 saturated heterocycles. The van der Waals surface area contributed by atoms with Crippen molar-refractivity contribution in [2.45, 2.75) is 88.8 Å². The topological polar surface area (TPSA) is 78.4 Å². The van der Waals surface area contributed by atoms with Crippen molar-refractivity contribution >= 4 is 40.6 Å². The van der Waals surface area contributed by atoms with Crippen molar-refractivity contribution in [3.63, 3.8) is 0 Å². The van der Waals surface area contributed by atoms with Gasteiger partial charge in [-0.05, 0) is 78.8 Å². The van der Waals surface area contributed by atoms with Crippen molar-refractivity contribution < 1.29 is 19.1 Å². The van der Waals surface area contributed by atoms with E-state index in [0.717, 1.165) is 18.4 Å². The zero-order valence-electron chi connectivity index (χ0n) is 22.0. The van der Waals surface area contributed by atoms with E-state index < -0.39 is 29.2 Å². The number of rotatable bonds is 5. The molecule has 2 aromatic carbocycles. The first kappa shape index (κ1) is 27.6. The third-order valence-electron chi connectivity index (χ3n) is 8.56. The van der Waals surface area contributed by atoms with Gasteiger partial charge in [-0.3, -0.25) is 9.59 Å². The lowest BCUT2D eigenvalue weighted by Crippen LogP contribution is -2.49. The number of benzene rings is 2. The van der Waals surface area contributed by atoms with Crippen LogP contribution in [-0.2, 0) is 15.0 Å². The van der Waals surface area contributed by atoms with Crippen LogP contribution >= 0.6 is 23.2 Å². The third kappa shape index (κ3) is 4.90. The highest BCUT2D eigenvalue weighted by Crippen LogP contribution is 2.57. The highest BCUT2D eigenvalue weighted by atomic mass is 35.5. The second-order valence-electron chi connectivity index (χ2n) is 12.5. The van der Waals surface area contributed by atoms with Gasteiger partial charge >= 0.3 is 0 Å². The summed E-state index contributed by atoms with van der Waals surface area (Å²) in [5.41, 5.74) is 0.337. The SMILES string of the molecule is CC(C)(C)C[C@H]1N[C@@H](C(=O)CC2CCC(O)CC2)[C@H](c2cccc(Cl)c2)[C@@]12C(=O)Nc1cc(Cl)c(F)cc12. The lowest BCUT2D eigenvalue weighted by atomic mass is 9.62. The quantitative estimate of drug-likeness (QED) is 0.395. The molecule has 2 aromatic rings. The molecule has 3 N–H and O–H groups in total. The molecule has 1 saturated carbocycles. The van der Waals surface area contributed by atoms with Gasteiger partial charge in [-0.2, -0.15) is 0 Å². The summed E-state index contributed by atoms with van der Waals surface area (Å²) in [6, 6.07) is 9.02. The fourth-order valence-corrected chi connectivity index (χ4v) is 7.31. The van der Waals surface area contributed by atoms with Gasteiger partial charge in [-0.15, -0.1) is 0 Å². The van der Waals surface area contributed by atoms with Crippen LogP contribution in [0.25, 0.3) is 0 Å². The number of nitrogens with one attached hydrogen (secondary N) is 2. The van der Waals surface area contributed by atoms with Gasteiger partial charge < -0.3 is 15.7 Å². The number of aliphatic hydroxyl groups excluding tert-OH is 1. The Hall–Kier alpha value is -1.99. The van der Waals surface area contributed by atoms with Crippen LogP contribution in [0.1, 0.15) is 76.3 Å². The zero-order valence-corrected chi connectivity index (χ0v) is 23.5. The number of ketones is 1. The Kier molecular flexibility index (Phi) is 7.40. The summed E-state index contributed by atoms with van der Waals surface area (Å²) >= 11 is 12.6. The number of carbonyl (C=O) groups excluding carboxylic acids is 2. The fraction of sp³-hybridized carbons (Fsp3) is 0.533. The van der Waals surface area contributed by atoms with Gasteiger partial charge in [0.15, 0.2) is 5.78 Å². The summed E-state index contributed by atoms with van der Waals surface area (Å²) in [5.74, 6) is -1.25. The van der Waals surface area contributed by atoms with Crippen LogP contribution in [-0.4, -0.2) is 35.0 Å². The first-order valence-electron chi connectivity index (χ1n) is 13.4. The van der Waals surface area contributed by atoms with E-state index in [1.807, 2.05) is 18.2 Å². The average molecular weight is 562 g/mol. The molecule has 0 bridgehead atoms. The molecule has 0 aromatic heterocycles. The molecule has 3 aliphatic rings. The van der Waals surface area contributed by atoms with Crippen molar-refractivity contribution in [1.82, 2.24) is 5.32 Å². The zero-order chi connectivity index (χ0) is 27.4. The largest absolute Gasteiger partial charge is 0.393 e. The van der Waals surface area contributed by atoms with E-state index >= 15 is 0 Å². The number of aliphatic hydroxyl groups is 1. The van der Waals surface area contributed by atoms with E-state index in [9.17, 15) is 19.1 Å². The van der Waals surface area contributed by atoms with Crippen LogP contribution in [0.4, 0.5) is 10.1 Å². The van der Waals surface area contributed by atoms with Crippen LogP contribution in [0, 0.1) is 17.2 Å². The van der Waals surface area contributed by atoms with Crippen LogP contribution < -0.4 is 10.6 Å². The maximum atomic E-state index is 15.0. The molecule has 1 amide bonds. The second-order valence-corrected chi connectivity index (χ2v) is 13.3. The molecule has 8 heteroatoms.